The zero-order valence-electron chi connectivity index (χ0n) is 12.1. The third kappa shape index (κ3) is 2.20. The highest BCUT2D eigenvalue weighted by molar-refractivity contribution is 6.37. The van der Waals surface area contributed by atoms with Gasteiger partial charge in [0.25, 0.3) is 0 Å². The van der Waals surface area contributed by atoms with Crippen molar-refractivity contribution in [2.45, 2.75) is 24.7 Å². The first-order valence-corrected chi connectivity index (χ1v) is 8.06. The first kappa shape index (κ1) is 14.8. The number of aliphatic imine (C=N–C) groups is 1. The Morgan fingerprint density at radius 2 is 1.87 bits per heavy atom. The molecule has 6 heteroatoms. The molecule has 0 atom stereocenters. The van der Waals surface area contributed by atoms with E-state index in [0.717, 1.165) is 19.3 Å². The number of rotatable bonds is 2. The molecular weight excluding hydrogens is 338 g/mol. The van der Waals surface area contributed by atoms with Crippen molar-refractivity contribution < 1.29 is 9.13 Å². The van der Waals surface area contributed by atoms with Crippen LogP contribution in [-0.4, -0.2) is 6.21 Å². The predicted molar refractivity (Wildman–Crippen MR) is 91.0 cm³/mol. The molecule has 2 aromatic carbocycles. The van der Waals surface area contributed by atoms with Gasteiger partial charge in [-0.1, -0.05) is 29.6 Å². The lowest BCUT2D eigenvalue weighted by Gasteiger charge is -2.36. The van der Waals surface area contributed by atoms with Gasteiger partial charge < -0.3 is 10.5 Å². The van der Waals surface area contributed by atoms with Crippen LogP contribution in [-0.2, 0) is 5.41 Å². The SMILES string of the molecule is Nc1cc(Cl)c(Oc2ccc3c(c2F)C2(C=N3)CCC2)c(Cl)c1. The molecule has 0 bridgehead atoms. The molecule has 2 N–H and O–H groups in total. The number of hydrogen-bond donors (Lipinski definition) is 1. The smallest absolute Gasteiger partial charge is 0.172 e. The third-order valence-electron chi connectivity index (χ3n) is 4.51. The molecule has 0 unspecified atom stereocenters. The van der Waals surface area contributed by atoms with Crippen LogP contribution in [0.2, 0.25) is 10.0 Å². The Bertz CT molecular complexity index is 824. The first-order valence-electron chi connectivity index (χ1n) is 7.31. The Labute approximate surface area is 142 Å². The molecule has 1 heterocycles. The molecule has 0 amide bonds. The molecule has 0 saturated heterocycles. The van der Waals surface area contributed by atoms with Crippen LogP contribution in [0.1, 0.15) is 24.8 Å². The maximum absolute atomic E-state index is 15.0. The van der Waals surface area contributed by atoms with Gasteiger partial charge in [-0.05, 0) is 37.1 Å². The average molecular weight is 351 g/mol. The zero-order valence-corrected chi connectivity index (χ0v) is 13.6. The van der Waals surface area contributed by atoms with Gasteiger partial charge in [0.1, 0.15) is 0 Å². The molecule has 2 aliphatic rings. The molecule has 2 aromatic rings. The van der Waals surface area contributed by atoms with Crippen molar-refractivity contribution in [2.24, 2.45) is 4.99 Å². The summed E-state index contributed by atoms with van der Waals surface area (Å²) in [5, 5.41) is 0.481. The van der Waals surface area contributed by atoms with E-state index in [1.54, 1.807) is 12.1 Å². The van der Waals surface area contributed by atoms with Crippen LogP contribution >= 0.6 is 23.2 Å². The van der Waals surface area contributed by atoms with Crippen molar-refractivity contribution in [1.29, 1.82) is 0 Å². The first-order chi connectivity index (χ1) is 11.0. The number of halogens is 3. The van der Waals surface area contributed by atoms with Gasteiger partial charge in [-0.2, -0.15) is 0 Å². The number of nitrogen functional groups attached to an aromatic ring is 1. The van der Waals surface area contributed by atoms with Crippen LogP contribution in [0, 0.1) is 5.82 Å². The van der Waals surface area contributed by atoms with Crippen LogP contribution in [0.3, 0.4) is 0 Å². The minimum Gasteiger partial charge on any atom is -0.451 e. The van der Waals surface area contributed by atoms with Crippen molar-refractivity contribution in [2.75, 3.05) is 5.73 Å². The van der Waals surface area contributed by atoms with E-state index in [1.807, 2.05) is 6.21 Å². The maximum Gasteiger partial charge on any atom is 0.172 e. The molecule has 1 fully saturated rings. The van der Waals surface area contributed by atoms with Gasteiger partial charge in [0, 0.05) is 22.9 Å². The van der Waals surface area contributed by atoms with Crippen LogP contribution in [0.4, 0.5) is 15.8 Å². The standard InChI is InChI=1S/C17H13Cl2FN2O/c18-10-6-9(21)7-11(19)16(10)23-13-3-2-12-14(15(13)20)17(8-22-12)4-1-5-17/h2-3,6-8H,1,4-5,21H2. The molecule has 23 heavy (non-hydrogen) atoms. The van der Waals surface area contributed by atoms with E-state index in [9.17, 15) is 0 Å². The van der Waals surface area contributed by atoms with Crippen molar-refractivity contribution in [3.63, 3.8) is 0 Å². The number of benzene rings is 2. The number of nitrogens with zero attached hydrogens (tertiary/aromatic N) is 1. The maximum atomic E-state index is 15.0. The monoisotopic (exact) mass is 350 g/mol. The van der Waals surface area contributed by atoms with Crippen LogP contribution < -0.4 is 10.5 Å². The second-order valence-corrected chi connectivity index (χ2v) is 6.77. The topological polar surface area (TPSA) is 47.6 Å². The van der Waals surface area contributed by atoms with E-state index in [-0.39, 0.29) is 27.0 Å². The molecule has 1 spiro atoms. The fourth-order valence-electron chi connectivity index (χ4n) is 3.19. The van der Waals surface area contributed by atoms with Gasteiger partial charge in [-0.25, -0.2) is 4.39 Å². The molecule has 0 radical (unpaired) electrons. The molecule has 1 aliphatic heterocycles. The normalized spacial score (nSPS) is 17.2. The van der Waals surface area contributed by atoms with E-state index in [2.05, 4.69) is 4.99 Å². The number of ether oxygens (including phenoxy) is 1. The van der Waals surface area contributed by atoms with E-state index >= 15 is 4.39 Å². The lowest BCUT2D eigenvalue weighted by atomic mass is 9.66. The summed E-state index contributed by atoms with van der Waals surface area (Å²) in [6, 6.07) is 6.35. The molecule has 1 aliphatic carbocycles. The number of fused-ring (bicyclic) bond motifs is 2. The van der Waals surface area contributed by atoms with Gasteiger partial charge >= 0.3 is 0 Å². The molecule has 118 valence electrons. The second kappa shape index (κ2) is 5.11. The number of hydrogen-bond acceptors (Lipinski definition) is 3. The van der Waals surface area contributed by atoms with Gasteiger partial charge in [0.15, 0.2) is 17.3 Å². The highest BCUT2D eigenvalue weighted by Gasteiger charge is 2.44. The molecule has 0 aromatic heterocycles. The Balaban J connectivity index is 1.77. The van der Waals surface area contributed by atoms with Crippen molar-refractivity contribution in [1.82, 2.24) is 0 Å². The summed E-state index contributed by atoms with van der Waals surface area (Å²) < 4.78 is 20.7. The summed E-state index contributed by atoms with van der Waals surface area (Å²) in [6.45, 7) is 0. The van der Waals surface area contributed by atoms with Crippen molar-refractivity contribution >= 4 is 40.8 Å². The molecule has 1 saturated carbocycles. The van der Waals surface area contributed by atoms with Crippen molar-refractivity contribution in [3.8, 4) is 11.5 Å². The van der Waals surface area contributed by atoms with Gasteiger partial charge in [0.2, 0.25) is 0 Å². The van der Waals surface area contributed by atoms with Crippen molar-refractivity contribution in [3.05, 3.63) is 45.7 Å². The second-order valence-electron chi connectivity index (χ2n) is 5.96. The largest absolute Gasteiger partial charge is 0.451 e. The lowest BCUT2D eigenvalue weighted by Crippen LogP contribution is -2.34. The van der Waals surface area contributed by atoms with Gasteiger partial charge in [-0.15, -0.1) is 0 Å². The summed E-state index contributed by atoms with van der Waals surface area (Å²) in [4.78, 5) is 4.34. The minimum absolute atomic E-state index is 0.0918. The molecule has 4 rings (SSSR count). The minimum atomic E-state index is -0.399. The van der Waals surface area contributed by atoms with E-state index in [1.165, 1.54) is 12.1 Å². The number of nitrogens with two attached hydrogens (primary N) is 1. The fraction of sp³-hybridized carbons (Fsp3) is 0.235. The summed E-state index contributed by atoms with van der Waals surface area (Å²) in [7, 11) is 0. The summed E-state index contributed by atoms with van der Waals surface area (Å²) in [6.07, 6.45) is 4.75. The van der Waals surface area contributed by atoms with E-state index in [4.69, 9.17) is 33.7 Å². The summed E-state index contributed by atoms with van der Waals surface area (Å²) >= 11 is 12.2. The van der Waals surface area contributed by atoms with Crippen LogP contribution in [0.15, 0.2) is 29.3 Å². The number of anilines is 1. The Kier molecular flexibility index (Phi) is 3.29. The van der Waals surface area contributed by atoms with Gasteiger partial charge in [-0.3, -0.25) is 4.99 Å². The van der Waals surface area contributed by atoms with E-state index < -0.39 is 5.82 Å². The summed E-state index contributed by atoms with van der Waals surface area (Å²) in [5.41, 5.74) is 7.11. The average Bonchev–Trinajstić information content (AvgIpc) is 2.85. The fourth-order valence-corrected chi connectivity index (χ4v) is 3.77. The molecule has 3 nitrogen and oxygen atoms in total. The highest BCUT2D eigenvalue weighted by Crippen LogP contribution is 2.52. The van der Waals surface area contributed by atoms with Crippen LogP contribution in [0.25, 0.3) is 0 Å². The quantitative estimate of drug-likeness (QED) is 0.711. The molecular formula is C17H13Cl2FN2O. The van der Waals surface area contributed by atoms with Crippen LogP contribution in [0.5, 0.6) is 11.5 Å². The Morgan fingerprint density at radius 3 is 2.48 bits per heavy atom. The Hall–Kier alpha value is -1.78. The highest BCUT2D eigenvalue weighted by atomic mass is 35.5. The van der Waals surface area contributed by atoms with E-state index in [0.29, 0.717) is 16.9 Å². The summed E-state index contributed by atoms with van der Waals surface area (Å²) in [5.74, 6) is -0.110. The predicted octanol–water partition coefficient (Wildman–Crippen LogP) is 5.64. The third-order valence-corrected chi connectivity index (χ3v) is 5.07. The zero-order chi connectivity index (χ0) is 16.2. The van der Waals surface area contributed by atoms with Gasteiger partial charge in [0.05, 0.1) is 15.7 Å². The Morgan fingerprint density at radius 1 is 1.17 bits per heavy atom. The lowest BCUT2D eigenvalue weighted by molar-refractivity contribution is 0.336.